The molecule has 2 heterocycles. The third kappa shape index (κ3) is 5.59. The first-order chi connectivity index (χ1) is 15.9. The second kappa shape index (κ2) is 10.5. The molecule has 1 N–H and O–H groups in total. The zero-order valence-corrected chi connectivity index (χ0v) is 20.7. The number of carbonyl (C=O) groups excluding carboxylic acids is 1. The number of hydrogen-bond acceptors (Lipinski definition) is 7. The maximum absolute atomic E-state index is 12.8. The van der Waals surface area contributed by atoms with Crippen LogP contribution in [0, 0.1) is 5.92 Å². The van der Waals surface area contributed by atoms with E-state index in [2.05, 4.69) is 22.4 Å². The van der Waals surface area contributed by atoms with Crippen molar-refractivity contribution >= 4 is 27.7 Å². The number of benzene rings is 1. The lowest BCUT2D eigenvalue weighted by molar-refractivity contribution is -0.119. The Kier molecular flexibility index (Phi) is 7.72. The molecular weight excluding hydrogens is 462 g/mol. The lowest BCUT2D eigenvalue weighted by Gasteiger charge is -2.29. The summed E-state index contributed by atoms with van der Waals surface area (Å²) in [6.07, 6.45) is 4.62. The number of morpholine rings is 1. The van der Waals surface area contributed by atoms with Crippen LogP contribution in [-0.4, -0.2) is 71.5 Å². The monoisotopic (exact) mass is 493 g/mol. The number of rotatable bonds is 7. The van der Waals surface area contributed by atoms with Crippen molar-refractivity contribution in [2.75, 3.05) is 32.1 Å². The van der Waals surface area contributed by atoms with Crippen LogP contribution in [-0.2, 0) is 26.6 Å². The van der Waals surface area contributed by atoms with Crippen molar-refractivity contribution < 1.29 is 17.9 Å². The van der Waals surface area contributed by atoms with E-state index in [0.29, 0.717) is 43.2 Å². The minimum atomic E-state index is -3.54. The Balaban J connectivity index is 1.38. The van der Waals surface area contributed by atoms with Gasteiger partial charge in [0.05, 0.1) is 23.9 Å². The van der Waals surface area contributed by atoms with Crippen LogP contribution in [0.15, 0.2) is 34.3 Å². The van der Waals surface area contributed by atoms with Gasteiger partial charge < -0.3 is 14.6 Å². The molecule has 11 heteroatoms. The normalized spacial score (nSPS) is 22.2. The number of nitrogens with one attached hydrogen (secondary N) is 1. The predicted octanol–water partition coefficient (Wildman–Crippen LogP) is 2.29. The Labute approximate surface area is 199 Å². The van der Waals surface area contributed by atoms with Crippen LogP contribution in [0.5, 0.6) is 0 Å². The van der Waals surface area contributed by atoms with Gasteiger partial charge in [0.1, 0.15) is 0 Å². The summed E-state index contributed by atoms with van der Waals surface area (Å²) in [7, 11) is -1.69. The van der Waals surface area contributed by atoms with Crippen molar-refractivity contribution in [2.24, 2.45) is 13.0 Å². The Morgan fingerprint density at radius 1 is 1.15 bits per heavy atom. The Morgan fingerprint density at radius 3 is 2.55 bits per heavy atom. The quantitative estimate of drug-likeness (QED) is 0.590. The van der Waals surface area contributed by atoms with Gasteiger partial charge in [-0.1, -0.05) is 31.5 Å². The molecule has 2 fully saturated rings. The molecule has 1 aliphatic heterocycles. The molecule has 1 aromatic heterocycles. The first kappa shape index (κ1) is 24.2. The Bertz CT molecular complexity index is 1060. The largest absolute Gasteiger partial charge is 0.379 e. The number of sulfonamides is 1. The van der Waals surface area contributed by atoms with E-state index in [1.54, 1.807) is 24.3 Å². The maximum Gasteiger partial charge on any atom is 0.243 e. The number of thioether (sulfide) groups is 1. The topological polar surface area (TPSA) is 106 Å². The molecule has 4 rings (SSSR count). The smallest absolute Gasteiger partial charge is 0.243 e. The van der Waals surface area contributed by atoms with Gasteiger partial charge in [-0.15, -0.1) is 10.2 Å². The third-order valence-electron chi connectivity index (χ3n) is 6.35. The van der Waals surface area contributed by atoms with Crippen molar-refractivity contribution in [3.8, 4) is 11.4 Å². The highest BCUT2D eigenvalue weighted by Gasteiger charge is 2.26. The molecule has 2 atom stereocenters. The lowest BCUT2D eigenvalue weighted by atomic mass is 9.86. The molecule has 33 heavy (non-hydrogen) atoms. The highest BCUT2D eigenvalue weighted by Crippen LogP contribution is 2.26. The van der Waals surface area contributed by atoms with E-state index in [1.165, 1.54) is 28.9 Å². The number of aromatic nitrogens is 3. The molecule has 0 radical (unpaired) electrons. The van der Waals surface area contributed by atoms with Crippen molar-refractivity contribution in [1.29, 1.82) is 0 Å². The van der Waals surface area contributed by atoms with Gasteiger partial charge >= 0.3 is 0 Å². The minimum Gasteiger partial charge on any atom is -0.379 e. The summed E-state index contributed by atoms with van der Waals surface area (Å²) in [4.78, 5) is 12.7. The molecular formula is C22H31N5O4S2. The fourth-order valence-electron chi connectivity index (χ4n) is 4.31. The molecule has 1 aromatic carbocycles. The predicted molar refractivity (Wildman–Crippen MR) is 126 cm³/mol. The zero-order valence-electron chi connectivity index (χ0n) is 19.1. The van der Waals surface area contributed by atoms with E-state index in [-0.39, 0.29) is 22.6 Å². The highest BCUT2D eigenvalue weighted by atomic mass is 32.2. The minimum absolute atomic E-state index is 0.0148. The van der Waals surface area contributed by atoms with Gasteiger partial charge in [-0.2, -0.15) is 4.31 Å². The Morgan fingerprint density at radius 2 is 1.85 bits per heavy atom. The number of hydrogen-bond donors (Lipinski definition) is 1. The molecule has 2 aromatic rings. The molecule has 0 spiro atoms. The highest BCUT2D eigenvalue weighted by molar-refractivity contribution is 7.99. The van der Waals surface area contributed by atoms with Crippen LogP contribution in [0.2, 0.25) is 0 Å². The van der Waals surface area contributed by atoms with Crippen LogP contribution >= 0.6 is 11.8 Å². The van der Waals surface area contributed by atoms with Crippen LogP contribution in [0.4, 0.5) is 0 Å². The molecule has 2 aliphatic rings. The SMILES string of the molecule is C[C@@H]1CCCC[C@H]1NC(=O)CSc1nnc(-c2ccc(S(=O)(=O)N3CCOCC3)cc2)n1C. The molecule has 9 nitrogen and oxygen atoms in total. The summed E-state index contributed by atoms with van der Waals surface area (Å²) < 4.78 is 34.1. The molecule has 1 saturated carbocycles. The lowest BCUT2D eigenvalue weighted by Crippen LogP contribution is -2.41. The van der Waals surface area contributed by atoms with Crippen LogP contribution in [0.3, 0.4) is 0 Å². The van der Waals surface area contributed by atoms with Gasteiger partial charge in [-0.3, -0.25) is 4.79 Å². The zero-order chi connectivity index (χ0) is 23.4. The molecule has 1 amide bonds. The first-order valence-corrected chi connectivity index (χ1v) is 13.8. The molecule has 1 saturated heterocycles. The Hall–Kier alpha value is -1.95. The van der Waals surface area contributed by atoms with Gasteiger partial charge in [-0.05, 0) is 43.0 Å². The van der Waals surface area contributed by atoms with Crippen molar-refractivity contribution in [3.63, 3.8) is 0 Å². The van der Waals surface area contributed by atoms with Crippen LogP contribution < -0.4 is 5.32 Å². The fourth-order valence-corrected chi connectivity index (χ4v) is 6.44. The number of carbonyl (C=O) groups is 1. The van der Waals surface area contributed by atoms with Gasteiger partial charge in [0.25, 0.3) is 0 Å². The van der Waals surface area contributed by atoms with Crippen LogP contribution in [0.25, 0.3) is 11.4 Å². The molecule has 1 aliphatic carbocycles. The van der Waals surface area contributed by atoms with Crippen LogP contribution in [0.1, 0.15) is 32.6 Å². The summed E-state index contributed by atoms with van der Waals surface area (Å²) in [6, 6.07) is 6.93. The summed E-state index contributed by atoms with van der Waals surface area (Å²) >= 11 is 1.35. The molecule has 0 bridgehead atoms. The van der Waals surface area contributed by atoms with E-state index < -0.39 is 10.0 Å². The second-order valence-corrected chi connectivity index (χ2v) is 11.5. The molecule has 0 unspecified atom stereocenters. The van der Waals surface area contributed by atoms with Crippen molar-refractivity contribution in [2.45, 2.75) is 48.7 Å². The van der Waals surface area contributed by atoms with Gasteiger partial charge in [0.2, 0.25) is 15.9 Å². The van der Waals surface area contributed by atoms with Crippen molar-refractivity contribution in [3.05, 3.63) is 24.3 Å². The maximum atomic E-state index is 12.8. The standard InChI is InChI=1S/C22H31N5O4S2/c1-16-5-3-4-6-19(16)23-20(28)15-32-22-25-24-21(26(22)2)17-7-9-18(10-8-17)33(29,30)27-11-13-31-14-12-27/h7-10,16,19H,3-6,11-15H2,1-2H3,(H,23,28)/t16-,19-/m1/s1. The molecule has 180 valence electrons. The van der Waals surface area contributed by atoms with E-state index in [4.69, 9.17) is 4.74 Å². The van der Waals surface area contributed by atoms with Crippen molar-refractivity contribution in [1.82, 2.24) is 24.4 Å². The van der Waals surface area contributed by atoms with E-state index >= 15 is 0 Å². The first-order valence-electron chi connectivity index (χ1n) is 11.4. The van der Waals surface area contributed by atoms with Gasteiger partial charge in [0.15, 0.2) is 11.0 Å². The third-order valence-corrected chi connectivity index (χ3v) is 9.28. The average Bonchev–Trinajstić information content (AvgIpc) is 3.20. The number of amides is 1. The van der Waals surface area contributed by atoms with Gasteiger partial charge in [-0.25, -0.2) is 8.42 Å². The summed E-state index contributed by atoms with van der Waals surface area (Å²) in [6.45, 7) is 3.74. The summed E-state index contributed by atoms with van der Waals surface area (Å²) in [5, 5.41) is 12.3. The fraction of sp³-hybridized carbons (Fsp3) is 0.591. The summed E-state index contributed by atoms with van der Waals surface area (Å²) in [5.74, 6) is 1.44. The van der Waals surface area contributed by atoms with E-state index in [0.717, 1.165) is 18.4 Å². The average molecular weight is 494 g/mol. The second-order valence-electron chi connectivity index (χ2n) is 8.63. The number of ether oxygens (including phenoxy) is 1. The number of nitrogens with zero attached hydrogens (tertiary/aromatic N) is 4. The van der Waals surface area contributed by atoms with E-state index in [9.17, 15) is 13.2 Å². The van der Waals surface area contributed by atoms with Gasteiger partial charge in [0, 0.05) is 31.7 Å². The summed E-state index contributed by atoms with van der Waals surface area (Å²) in [5.41, 5.74) is 0.762. The van der Waals surface area contributed by atoms with E-state index in [1.807, 2.05) is 11.6 Å².